The summed E-state index contributed by atoms with van der Waals surface area (Å²) in [7, 11) is 1.65. The molecular formula is C22H23N3O3. The highest BCUT2D eigenvalue weighted by Gasteiger charge is 2.08. The number of ether oxygens (including phenoxy) is 2. The van der Waals surface area contributed by atoms with Crippen LogP contribution in [0.2, 0.25) is 0 Å². The van der Waals surface area contributed by atoms with Crippen LogP contribution in [0.4, 0.5) is 11.4 Å². The van der Waals surface area contributed by atoms with Crippen molar-refractivity contribution in [2.45, 2.75) is 13.5 Å². The van der Waals surface area contributed by atoms with E-state index in [2.05, 4.69) is 15.6 Å². The Hall–Kier alpha value is -3.54. The second-order valence-corrected chi connectivity index (χ2v) is 6.05. The monoisotopic (exact) mass is 377 g/mol. The van der Waals surface area contributed by atoms with Gasteiger partial charge in [0.05, 0.1) is 25.6 Å². The molecule has 0 atom stereocenters. The maximum Gasteiger partial charge on any atom is 0.274 e. The Bertz CT molecular complexity index is 892. The fourth-order valence-electron chi connectivity index (χ4n) is 2.58. The second kappa shape index (κ2) is 9.41. The van der Waals surface area contributed by atoms with E-state index in [1.165, 1.54) is 0 Å². The lowest BCUT2D eigenvalue weighted by Gasteiger charge is -2.09. The summed E-state index contributed by atoms with van der Waals surface area (Å²) in [5, 5.41) is 6.11. The fourth-order valence-corrected chi connectivity index (χ4v) is 2.58. The van der Waals surface area contributed by atoms with Crippen LogP contribution < -0.4 is 20.1 Å². The van der Waals surface area contributed by atoms with Crippen molar-refractivity contribution in [2.75, 3.05) is 24.4 Å². The minimum absolute atomic E-state index is 0.258. The first-order valence-electron chi connectivity index (χ1n) is 9.05. The van der Waals surface area contributed by atoms with Crippen LogP contribution in [0.5, 0.6) is 11.5 Å². The van der Waals surface area contributed by atoms with Gasteiger partial charge in [-0.1, -0.05) is 12.1 Å². The van der Waals surface area contributed by atoms with Crippen molar-refractivity contribution in [2.24, 2.45) is 0 Å². The van der Waals surface area contributed by atoms with E-state index in [4.69, 9.17) is 9.47 Å². The quantitative estimate of drug-likeness (QED) is 0.610. The number of pyridine rings is 1. The maximum absolute atomic E-state index is 12.3. The van der Waals surface area contributed by atoms with Crippen molar-refractivity contribution < 1.29 is 14.3 Å². The molecule has 3 aromatic rings. The van der Waals surface area contributed by atoms with Gasteiger partial charge in [-0.25, -0.2) is 4.98 Å². The average Bonchev–Trinajstić information content (AvgIpc) is 2.74. The highest BCUT2D eigenvalue weighted by Crippen LogP contribution is 2.17. The summed E-state index contributed by atoms with van der Waals surface area (Å²) in [6, 6.07) is 18.6. The van der Waals surface area contributed by atoms with Gasteiger partial charge in [0.25, 0.3) is 5.91 Å². The number of methoxy groups -OCH3 is 1. The second-order valence-electron chi connectivity index (χ2n) is 6.05. The third kappa shape index (κ3) is 5.23. The van der Waals surface area contributed by atoms with Crippen molar-refractivity contribution >= 4 is 17.3 Å². The van der Waals surface area contributed by atoms with E-state index in [9.17, 15) is 4.79 Å². The van der Waals surface area contributed by atoms with Crippen molar-refractivity contribution in [3.05, 3.63) is 78.1 Å². The molecule has 144 valence electrons. The molecule has 0 radical (unpaired) electrons. The first kappa shape index (κ1) is 19.2. The molecule has 3 rings (SSSR count). The third-order valence-electron chi connectivity index (χ3n) is 4.08. The van der Waals surface area contributed by atoms with Gasteiger partial charge in [0.15, 0.2) is 0 Å². The number of carbonyl (C=O) groups excluding carboxylic acids is 1. The number of aromatic nitrogens is 1. The van der Waals surface area contributed by atoms with Gasteiger partial charge in [0, 0.05) is 12.2 Å². The van der Waals surface area contributed by atoms with Crippen LogP contribution in [0, 0.1) is 0 Å². The molecule has 0 saturated heterocycles. The van der Waals surface area contributed by atoms with Crippen molar-refractivity contribution in [1.29, 1.82) is 0 Å². The van der Waals surface area contributed by atoms with Gasteiger partial charge in [0.2, 0.25) is 0 Å². The van der Waals surface area contributed by atoms with Crippen molar-refractivity contribution in [3.63, 3.8) is 0 Å². The molecule has 6 nitrogen and oxygen atoms in total. The normalized spacial score (nSPS) is 10.2. The van der Waals surface area contributed by atoms with E-state index in [0.29, 0.717) is 24.5 Å². The zero-order valence-corrected chi connectivity index (χ0v) is 15.9. The third-order valence-corrected chi connectivity index (χ3v) is 4.08. The molecule has 2 aromatic carbocycles. The van der Waals surface area contributed by atoms with Crippen LogP contribution in [-0.4, -0.2) is 24.6 Å². The Labute approximate surface area is 164 Å². The van der Waals surface area contributed by atoms with Gasteiger partial charge in [-0.15, -0.1) is 0 Å². The van der Waals surface area contributed by atoms with E-state index >= 15 is 0 Å². The van der Waals surface area contributed by atoms with Crippen LogP contribution in [0.3, 0.4) is 0 Å². The highest BCUT2D eigenvalue weighted by molar-refractivity contribution is 6.02. The molecular weight excluding hydrogens is 354 g/mol. The van der Waals surface area contributed by atoms with Crippen LogP contribution in [0.15, 0.2) is 66.9 Å². The van der Waals surface area contributed by atoms with E-state index in [1.54, 1.807) is 31.5 Å². The Kier molecular flexibility index (Phi) is 6.46. The number of hydrogen-bond donors (Lipinski definition) is 2. The van der Waals surface area contributed by atoms with E-state index < -0.39 is 0 Å². The van der Waals surface area contributed by atoms with Gasteiger partial charge in [-0.3, -0.25) is 4.79 Å². The standard InChI is InChI=1S/C22H23N3O3/c1-3-28-20-11-6-17(7-12-20)25-22(26)21-13-8-18(15-24-21)23-14-16-4-9-19(27-2)10-5-16/h4-13,15,23H,3,14H2,1-2H3,(H,25,26). The number of carbonyl (C=O) groups is 1. The maximum atomic E-state index is 12.3. The Morgan fingerprint density at radius 1 is 0.929 bits per heavy atom. The molecule has 0 aliphatic carbocycles. The fraction of sp³-hybridized carbons (Fsp3) is 0.182. The zero-order chi connectivity index (χ0) is 19.8. The Morgan fingerprint density at radius 2 is 1.61 bits per heavy atom. The van der Waals surface area contributed by atoms with Gasteiger partial charge in [-0.2, -0.15) is 0 Å². The van der Waals surface area contributed by atoms with Gasteiger partial charge < -0.3 is 20.1 Å². The minimum atomic E-state index is -0.258. The molecule has 0 saturated carbocycles. The minimum Gasteiger partial charge on any atom is -0.497 e. The van der Waals surface area contributed by atoms with E-state index in [-0.39, 0.29) is 5.91 Å². The molecule has 0 unspecified atom stereocenters. The molecule has 6 heteroatoms. The lowest BCUT2D eigenvalue weighted by Crippen LogP contribution is -2.13. The summed E-state index contributed by atoms with van der Waals surface area (Å²) in [6.45, 7) is 3.19. The Balaban J connectivity index is 1.54. The number of benzene rings is 2. The SMILES string of the molecule is CCOc1ccc(NC(=O)c2ccc(NCc3ccc(OC)cc3)cn2)cc1. The molecule has 28 heavy (non-hydrogen) atoms. The summed E-state index contributed by atoms with van der Waals surface area (Å²) >= 11 is 0. The number of nitrogens with zero attached hydrogens (tertiary/aromatic N) is 1. The predicted molar refractivity (Wildman–Crippen MR) is 110 cm³/mol. The number of hydrogen-bond acceptors (Lipinski definition) is 5. The highest BCUT2D eigenvalue weighted by atomic mass is 16.5. The van der Waals surface area contributed by atoms with Gasteiger partial charge in [-0.05, 0) is 61.0 Å². The first-order chi connectivity index (χ1) is 13.7. The van der Waals surface area contributed by atoms with E-state index in [1.807, 2.05) is 49.4 Å². The molecule has 1 heterocycles. The Morgan fingerprint density at radius 3 is 2.21 bits per heavy atom. The summed E-state index contributed by atoms with van der Waals surface area (Å²) in [6.07, 6.45) is 1.65. The van der Waals surface area contributed by atoms with Crippen LogP contribution in [-0.2, 0) is 6.54 Å². The molecule has 0 fully saturated rings. The predicted octanol–water partition coefficient (Wildman–Crippen LogP) is 4.35. The van der Waals surface area contributed by atoms with Gasteiger partial charge in [0.1, 0.15) is 17.2 Å². The van der Waals surface area contributed by atoms with E-state index in [0.717, 1.165) is 22.7 Å². The van der Waals surface area contributed by atoms with Gasteiger partial charge >= 0.3 is 0 Å². The number of rotatable bonds is 8. The molecule has 2 N–H and O–H groups in total. The molecule has 0 spiro atoms. The number of anilines is 2. The lowest BCUT2D eigenvalue weighted by atomic mass is 10.2. The smallest absolute Gasteiger partial charge is 0.274 e. The summed E-state index contributed by atoms with van der Waals surface area (Å²) in [5.74, 6) is 1.34. The average molecular weight is 377 g/mol. The molecule has 0 aliphatic rings. The van der Waals surface area contributed by atoms with Crippen molar-refractivity contribution in [1.82, 2.24) is 4.98 Å². The lowest BCUT2D eigenvalue weighted by molar-refractivity contribution is 0.102. The summed E-state index contributed by atoms with van der Waals surface area (Å²) in [4.78, 5) is 16.6. The van der Waals surface area contributed by atoms with Crippen molar-refractivity contribution in [3.8, 4) is 11.5 Å². The molecule has 0 aliphatic heterocycles. The molecule has 0 bridgehead atoms. The molecule has 1 aromatic heterocycles. The first-order valence-corrected chi connectivity index (χ1v) is 9.05. The molecule has 1 amide bonds. The zero-order valence-electron chi connectivity index (χ0n) is 15.9. The van der Waals surface area contributed by atoms with Crippen LogP contribution in [0.25, 0.3) is 0 Å². The summed E-state index contributed by atoms with van der Waals surface area (Å²) < 4.78 is 10.5. The largest absolute Gasteiger partial charge is 0.497 e. The number of nitrogens with one attached hydrogen (secondary N) is 2. The summed E-state index contributed by atoms with van der Waals surface area (Å²) in [5.41, 5.74) is 3.01. The number of amides is 1. The topological polar surface area (TPSA) is 72.5 Å². The van der Waals surface area contributed by atoms with Crippen LogP contribution >= 0.6 is 0 Å². The van der Waals surface area contributed by atoms with Crippen LogP contribution in [0.1, 0.15) is 23.0 Å².